The number of hydrogen-bond donors (Lipinski definition) is 0. The lowest BCUT2D eigenvalue weighted by molar-refractivity contribution is 0.234. The quantitative estimate of drug-likeness (QED) is 0.485. The molecule has 3 aromatic rings. The molecule has 1 saturated heterocycles. The van der Waals surface area contributed by atoms with Crippen LogP contribution in [-0.2, 0) is 20.9 Å². The second-order valence-electron chi connectivity index (χ2n) is 7.52. The summed E-state index contributed by atoms with van der Waals surface area (Å²) in [6.45, 7) is 1.42. The Balaban J connectivity index is 1.40. The number of aromatic nitrogens is 2. The molecular formula is C22H22ClN3O5S. The number of pyridine rings is 2. The van der Waals surface area contributed by atoms with E-state index in [0.717, 1.165) is 11.8 Å². The maximum atomic E-state index is 12.6. The van der Waals surface area contributed by atoms with Crippen molar-refractivity contribution in [1.82, 2.24) is 9.55 Å². The molecule has 8 nitrogen and oxygen atoms in total. The van der Waals surface area contributed by atoms with Gasteiger partial charge >= 0.3 is 0 Å². The SMILES string of the molecule is CS(=O)(=O)O[C@@H]1CCN(c2ccc(-n3ccc(OCc4ccc(Cl)cc4)cc3=O)cn2)C1. The van der Waals surface area contributed by atoms with Gasteiger partial charge in [0.15, 0.2) is 0 Å². The third kappa shape index (κ3) is 5.67. The van der Waals surface area contributed by atoms with E-state index in [9.17, 15) is 13.2 Å². The van der Waals surface area contributed by atoms with E-state index < -0.39 is 10.1 Å². The Morgan fingerprint density at radius 1 is 1.16 bits per heavy atom. The van der Waals surface area contributed by atoms with Gasteiger partial charge in [0.2, 0.25) is 0 Å². The number of nitrogens with zero attached hydrogens (tertiary/aromatic N) is 3. The second-order valence-corrected chi connectivity index (χ2v) is 9.55. The van der Waals surface area contributed by atoms with E-state index in [1.54, 1.807) is 42.7 Å². The van der Waals surface area contributed by atoms with Crippen LogP contribution in [0.5, 0.6) is 5.75 Å². The van der Waals surface area contributed by atoms with Gasteiger partial charge in [0.05, 0.1) is 24.2 Å². The molecule has 4 rings (SSSR count). The van der Waals surface area contributed by atoms with Gasteiger partial charge in [-0.05, 0) is 42.3 Å². The molecule has 0 bridgehead atoms. The minimum atomic E-state index is -3.49. The monoisotopic (exact) mass is 475 g/mol. The number of halogens is 1. The highest BCUT2D eigenvalue weighted by atomic mass is 35.5. The zero-order valence-corrected chi connectivity index (χ0v) is 18.9. The van der Waals surface area contributed by atoms with Crippen LogP contribution in [0.2, 0.25) is 5.02 Å². The third-order valence-electron chi connectivity index (χ3n) is 5.00. The predicted molar refractivity (Wildman–Crippen MR) is 122 cm³/mol. The third-order valence-corrected chi connectivity index (χ3v) is 5.87. The molecule has 0 unspecified atom stereocenters. The molecule has 10 heteroatoms. The molecule has 0 radical (unpaired) electrons. The first kappa shape index (κ1) is 22.3. The fraction of sp³-hybridized carbons (Fsp3) is 0.273. The van der Waals surface area contributed by atoms with Crippen LogP contribution < -0.4 is 15.2 Å². The highest BCUT2D eigenvalue weighted by molar-refractivity contribution is 7.86. The molecule has 2 aromatic heterocycles. The lowest BCUT2D eigenvalue weighted by Gasteiger charge is -2.17. The maximum absolute atomic E-state index is 12.6. The molecule has 1 aliphatic heterocycles. The Kier molecular flexibility index (Phi) is 6.50. The Morgan fingerprint density at radius 2 is 1.94 bits per heavy atom. The van der Waals surface area contributed by atoms with Gasteiger partial charge in [0.25, 0.3) is 15.7 Å². The molecule has 0 amide bonds. The lowest BCUT2D eigenvalue weighted by Crippen LogP contribution is -2.25. The van der Waals surface area contributed by atoms with Crippen LogP contribution in [0.3, 0.4) is 0 Å². The number of benzene rings is 1. The summed E-state index contributed by atoms with van der Waals surface area (Å²) in [5, 5.41) is 0.655. The molecule has 3 heterocycles. The molecule has 1 aromatic carbocycles. The molecule has 0 spiro atoms. The number of ether oxygens (including phenoxy) is 1. The molecule has 1 atom stereocenters. The van der Waals surface area contributed by atoms with E-state index >= 15 is 0 Å². The van der Waals surface area contributed by atoms with Crippen LogP contribution in [0.25, 0.3) is 5.69 Å². The van der Waals surface area contributed by atoms with E-state index in [1.807, 2.05) is 17.0 Å². The summed E-state index contributed by atoms with van der Waals surface area (Å²) in [5.74, 6) is 1.17. The largest absolute Gasteiger partial charge is 0.489 e. The Labute approximate surface area is 191 Å². The van der Waals surface area contributed by atoms with Gasteiger partial charge in [-0.25, -0.2) is 4.98 Å². The number of hydrogen-bond acceptors (Lipinski definition) is 7. The van der Waals surface area contributed by atoms with Crippen molar-refractivity contribution in [1.29, 1.82) is 0 Å². The minimum absolute atomic E-state index is 0.240. The summed E-state index contributed by atoms with van der Waals surface area (Å²) >= 11 is 5.88. The summed E-state index contributed by atoms with van der Waals surface area (Å²) < 4.78 is 34.9. The normalized spacial score (nSPS) is 16.3. The Morgan fingerprint density at radius 3 is 2.59 bits per heavy atom. The van der Waals surface area contributed by atoms with Crippen molar-refractivity contribution in [2.45, 2.75) is 19.1 Å². The minimum Gasteiger partial charge on any atom is -0.489 e. The van der Waals surface area contributed by atoms with Crippen LogP contribution in [0, 0.1) is 0 Å². The predicted octanol–water partition coefficient (Wildman–Crippen LogP) is 3.02. The Bertz CT molecular complexity index is 1240. The van der Waals surface area contributed by atoms with Gasteiger partial charge in [0, 0.05) is 30.4 Å². The van der Waals surface area contributed by atoms with E-state index in [2.05, 4.69) is 4.98 Å². The highest BCUT2D eigenvalue weighted by Gasteiger charge is 2.27. The molecule has 168 valence electrons. The van der Waals surface area contributed by atoms with E-state index in [1.165, 1.54) is 10.6 Å². The van der Waals surface area contributed by atoms with Crippen molar-refractivity contribution in [3.05, 3.63) is 81.9 Å². The van der Waals surface area contributed by atoms with Gasteiger partial charge in [-0.3, -0.25) is 13.5 Å². The Hall–Kier alpha value is -2.88. The van der Waals surface area contributed by atoms with Gasteiger partial charge in [-0.2, -0.15) is 8.42 Å². The first-order valence-electron chi connectivity index (χ1n) is 9.96. The van der Waals surface area contributed by atoms with Crippen LogP contribution in [-0.4, -0.2) is 43.4 Å². The summed E-state index contributed by atoms with van der Waals surface area (Å²) in [4.78, 5) is 19.0. The van der Waals surface area contributed by atoms with Crippen molar-refractivity contribution in [2.75, 3.05) is 24.2 Å². The van der Waals surface area contributed by atoms with Crippen LogP contribution in [0.15, 0.2) is 65.7 Å². The summed E-state index contributed by atoms with van der Waals surface area (Å²) in [6, 6.07) is 14.1. The highest BCUT2D eigenvalue weighted by Crippen LogP contribution is 2.22. The van der Waals surface area contributed by atoms with Crippen molar-refractivity contribution in [3.8, 4) is 11.4 Å². The van der Waals surface area contributed by atoms with Gasteiger partial charge in [0.1, 0.15) is 18.2 Å². The van der Waals surface area contributed by atoms with Crippen LogP contribution in [0.4, 0.5) is 5.82 Å². The molecular weight excluding hydrogens is 454 g/mol. The summed E-state index contributed by atoms with van der Waals surface area (Å²) in [7, 11) is -3.49. The first-order chi connectivity index (χ1) is 15.3. The zero-order chi connectivity index (χ0) is 22.7. The number of rotatable bonds is 7. The van der Waals surface area contributed by atoms with Crippen molar-refractivity contribution in [2.24, 2.45) is 0 Å². The molecule has 0 saturated carbocycles. The standard InChI is InChI=1S/C22H22ClN3O5S/c1-32(28,29)31-20-8-10-25(14-20)21-7-6-18(13-24-21)26-11-9-19(12-22(26)27)30-15-16-2-4-17(23)5-3-16/h2-7,9,11-13,20H,8,10,14-15H2,1H3/t20-/m1/s1. The fourth-order valence-corrected chi connectivity index (χ4v) is 4.26. The lowest BCUT2D eigenvalue weighted by atomic mass is 10.2. The number of anilines is 1. The van der Waals surface area contributed by atoms with Gasteiger partial charge in [-0.15, -0.1) is 0 Å². The van der Waals surface area contributed by atoms with E-state index in [-0.39, 0.29) is 11.7 Å². The van der Waals surface area contributed by atoms with Gasteiger partial charge in [-0.1, -0.05) is 23.7 Å². The van der Waals surface area contributed by atoms with Crippen LogP contribution >= 0.6 is 11.6 Å². The average Bonchev–Trinajstić information content (AvgIpc) is 3.20. The topological polar surface area (TPSA) is 90.7 Å². The van der Waals surface area contributed by atoms with Crippen LogP contribution in [0.1, 0.15) is 12.0 Å². The first-order valence-corrected chi connectivity index (χ1v) is 12.2. The van der Waals surface area contributed by atoms with Crippen molar-refractivity contribution in [3.63, 3.8) is 0 Å². The second kappa shape index (κ2) is 9.32. The van der Waals surface area contributed by atoms with Crippen molar-refractivity contribution >= 4 is 27.5 Å². The molecule has 0 aliphatic carbocycles. The van der Waals surface area contributed by atoms with E-state index in [0.29, 0.717) is 48.4 Å². The summed E-state index contributed by atoms with van der Waals surface area (Å²) in [5.41, 5.74) is 1.33. The average molecular weight is 476 g/mol. The molecule has 32 heavy (non-hydrogen) atoms. The molecule has 1 aliphatic rings. The fourth-order valence-electron chi connectivity index (χ4n) is 3.48. The van der Waals surface area contributed by atoms with E-state index in [4.69, 9.17) is 20.5 Å². The zero-order valence-electron chi connectivity index (χ0n) is 17.3. The smallest absolute Gasteiger partial charge is 0.264 e. The summed E-state index contributed by atoms with van der Waals surface area (Å²) in [6.07, 6.45) is 4.52. The van der Waals surface area contributed by atoms with Crippen molar-refractivity contribution < 1.29 is 17.3 Å². The van der Waals surface area contributed by atoms with Gasteiger partial charge < -0.3 is 9.64 Å². The molecule has 0 N–H and O–H groups in total. The maximum Gasteiger partial charge on any atom is 0.264 e. The molecule has 1 fully saturated rings.